The second kappa shape index (κ2) is 9.99. The van der Waals surface area contributed by atoms with Crippen LogP contribution in [-0.2, 0) is 25.5 Å². The Bertz CT molecular complexity index is 980. The van der Waals surface area contributed by atoms with Crippen molar-refractivity contribution >= 4 is 46.2 Å². The van der Waals surface area contributed by atoms with Gasteiger partial charge < -0.3 is 14.8 Å². The fraction of sp³-hybridized carbons (Fsp3) is 0.190. The molecule has 0 bridgehead atoms. The third kappa shape index (κ3) is 5.75. The fourth-order valence-corrected chi connectivity index (χ4v) is 4.22. The summed E-state index contributed by atoms with van der Waals surface area (Å²) in [5, 5.41) is 4.52. The Morgan fingerprint density at radius 3 is 2.52 bits per heavy atom. The Morgan fingerprint density at radius 2 is 1.83 bits per heavy atom. The molecule has 8 heteroatoms. The molecule has 3 rings (SSSR count). The van der Waals surface area contributed by atoms with Gasteiger partial charge in [0.25, 0.3) is 5.91 Å². The first kappa shape index (κ1) is 20.8. The number of anilines is 1. The molecule has 0 atom stereocenters. The van der Waals surface area contributed by atoms with Crippen molar-refractivity contribution in [3.8, 4) is 10.4 Å². The summed E-state index contributed by atoms with van der Waals surface area (Å²) in [5.74, 6) is -1.51. The molecule has 6 nitrogen and oxygen atoms in total. The van der Waals surface area contributed by atoms with Crippen LogP contribution in [-0.4, -0.2) is 31.1 Å². The second-order valence-corrected chi connectivity index (χ2v) is 7.99. The highest BCUT2D eigenvalue weighted by atomic mass is 32.1. The van der Waals surface area contributed by atoms with Gasteiger partial charge in [0.1, 0.15) is 4.88 Å². The van der Waals surface area contributed by atoms with Gasteiger partial charge in [0.05, 0.1) is 18.7 Å². The molecule has 29 heavy (non-hydrogen) atoms. The molecule has 0 aliphatic rings. The first-order valence-corrected chi connectivity index (χ1v) is 10.6. The van der Waals surface area contributed by atoms with E-state index in [-0.39, 0.29) is 13.0 Å². The minimum atomic E-state index is -0.521. The van der Waals surface area contributed by atoms with Crippen LogP contribution in [0.4, 0.5) is 5.69 Å². The van der Waals surface area contributed by atoms with E-state index in [0.29, 0.717) is 10.6 Å². The molecule has 0 radical (unpaired) electrons. The van der Waals surface area contributed by atoms with Gasteiger partial charge in [-0.25, -0.2) is 4.79 Å². The van der Waals surface area contributed by atoms with Crippen LogP contribution in [0.5, 0.6) is 0 Å². The summed E-state index contributed by atoms with van der Waals surface area (Å²) < 4.78 is 10.1. The molecule has 0 aliphatic carbocycles. The number of nitrogens with one attached hydrogen (secondary N) is 1. The van der Waals surface area contributed by atoms with E-state index >= 15 is 0 Å². The zero-order chi connectivity index (χ0) is 20.6. The molecule has 2 aromatic heterocycles. The summed E-state index contributed by atoms with van der Waals surface area (Å²) in [6.07, 6.45) is 0.121. The Kier molecular flexibility index (Phi) is 7.15. The standard InChI is InChI=1S/C21H19NO5S2/c1-2-26-21(25)20-16(12-17(29-20)14-7-4-3-5-8-14)22-18(23)13-27-19(24)11-15-9-6-10-28-15/h3-10,12H,2,11,13H2,1H3,(H,22,23). The van der Waals surface area contributed by atoms with E-state index in [9.17, 15) is 14.4 Å². The smallest absolute Gasteiger partial charge is 0.350 e. The van der Waals surface area contributed by atoms with Crippen LogP contribution in [0, 0.1) is 0 Å². The highest BCUT2D eigenvalue weighted by Gasteiger charge is 2.20. The fourth-order valence-electron chi connectivity index (χ4n) is 2.52. The lowest BCUT2D eigenvalue weighted by molar-refractivity contribution is -0.146. The molecule has 0 fully saturated rings. The first-order chi connectivity index (χ1) is 14.1. The molecule has 0 spiro atoms. The average Bonchev–Trinajstić information content (AvgIpc) is 3.37. The van der Waals surface area contributed by atoms with Gasteiger partial charge in [-0.3, -0.25) is 9.59 Å². The zero-order valence-electron chi connectivity index (χ0n) is 15.7. The lowest BCUT2D eigenvalue weighted by Gasteiger charge is -2.07. The molecule has 150 valence electrons. The topological polar surface area (TPSA) is 81.7 Å². The monoisotopic (exact) mass is 429 g/mol. The van der Waals surface area contributed by atoms with E-state index in [2.05, 4.69) is 5.32 Å². The third-order valence-corrected chi connectivity index (χ3v) is 5.83. The minimum Gasteiger partial charge on any atom is -0.462 e. The molecule has 0 unspecified atom stereocenters. The maximum atomic E-state index is 12.3. The van der Waals surface area contributed by atoms with Crippen molar-refractivity contribution in [1.29, 1.82) is 0 Å². The van der Waals surface area contributed by atoms with Crippen molar-refractivity contribution in [2.24, 2.45) is 0 Å². The maximum absolute atomic E-state index is 12.3. The molecule has 3 aromatic rings. The molecule has 2 heterocycles. The van der Waals surface area contributed by atoms with Crippen molar-refractivity contribution < 1.29 is 23.9 Å². The lowest BCUT2D eigenvalue weighted by Crippen LogP contribution is -2.22. The number of benzene rings is 1. The van der Waals surface area contributed by atoms with Crippen molar-refractivity contribution in [3.05, 3.63) is 63.7 Å². The van der Waals surface area contributed by atoms with Gasteiger partial charge in [-0.1, -0.05) is 36.4 Å². The van der Waals surface area contributed by atoms with E-state index in [1.807, 2.05) is 47.8 Å². The maximum Gasteiger partial charge on any atom is 0.350 e. The van der Waals surface area contributed by atoms with Gasteiger partial charge in [0, 0.05) is 9.75 Å². The SMILES string of the molecule is CCOC(=O)c1sc(-c2ccccc2)cc1NC(=O)COC(=O)Cc1cccs1. The van der Waals surface area contributed by atoms with Crippen molar-refractivity contribution in [2.45, 2.75) is 13.3 Å². The number of ether oxygens (including phenoxy) is 2. The lowest BCUT2D eigenvalue weighted by atomic mass is 10.2. The summed E-state index contributed by atoms with van der Waals surface area (Å²) in [5.41, 5.74) is 1.26. The number of rotatable bonds is 8. The Hall–Kier alpha value is -2.97. The van der Waals surface area contributed by atoms with Crippen LogP contribution in [0.2, 0.25) is 0 Å². The number of hydrogen-bond donors (Lipinski definition) is 1. The summed E-state index contributed by atoms with van der Waals surface area (Å²) in [4.78, 5) is 38.4. The molecular formula is C21H19NO5S2. The van der Waals surface area contributed by atoms with Gasteiger partial charge >= 0.3 is 11.9 Å². The summed E-state index contributed by atoms with van der Waals surface area (Å²) >= 11 is 2.68. The van der Waals surface area contributed by atoms with Gasteiger partial charge in [-0.15, -0.1) is 22.7 Å². The van der Waals surface area contributed by atoms with Crippen molar-refractivity contribution in [2.75, 3.05) is 18.5 Å². The van der Waals surface area contributed by atoms with Crippen molar-refractivity contribution in [1.82, 2.24) is 0 Å². The van der Waals surface area contributed by atoms with Gasteiger partial charge in [-0.2, -0.15) is 0 Å². The Morgan fingerprint density at radius 1 is 1.03 bits per heavy atom. The molecule has 1 N–H and O–H groups in total. The number of carbonyl (C=O) groups is 3. The van der Waals surface area contributed by atoms with E-state index < -0.39 is 24.5 Å². The predicted octanol–water partition coefficient (Wildman–Crippen LogP) is 4.38. The second-order valence-electron chi connectivity index (χ2n) is 5.90. The largest absolute Gasteiger partial charge is 0.462 e. The van der Waals surface area contributed by atoms with Crippen LogP contribution < -0.4 is 5.32 Å². The minimum absolute atomic E-state index is 0.121. The Balaban J connectivity index is 1.67. The van der Waals surface area contributed by atoms with Crippen LogP contribution >= 0.6 is 22.7 Å². The van der Waals surface area contributed by atoms with Crippen LogP contribution in [0.15, 0.2) is 53.9 Å². The summed E-state index contributed by atoms with van der Waals surface area (Å²) in [6, 6.07) is 14.9. The van der Waals surface area contributed by atoms with Crippen LogP contribution in [0.3, 0.4) is 0 Å². The third-order valence-electron chi connectivity index (χ3n) is 3.79. The van der Waals surface area contributed by atoms with E-state index in [0.717, 1.165) is 15.3 Å². The molecule has 0 saturated heterocycles. The normalized spacial score (nSPS) is 10.4. The van der Waals surface area contributed by atoms with Crippen molar-refractivity contribution in [3.63, 3.8) is 0 Å². The Labute approximate surface area is 176 Å². The van der Waals surface area contributed by atoms with Crippen LogP contribution in [0.1, 0.15) is 21.5 Å². The van der Waals surface area contributed by atoms with Gasteiger partial charge in [0.2, 0.25) is 0 Å². The predicted molar refractivity (Wildman–Crippen MR) is 113 cm³/mol. The van der Waals surface area contributed by atoms with Gasteiger partial charge in [0.15, 0.2) is 6.61 Å². The van der Waals surface area contributed by atoms with E-state index in [4.69, 9.17) is 9.47 Å². The first-order valence-electron chi connectivity index (χ1n) is 8.91. The number of carbonyl (C=O) groups excluding carboxylic acids is 3. The van der Waals surface area contributed by atoms with Crippen LogP contribution in [0.25, 0.3) is 10.4 Å². The number of amides is 1. The van der Waals surface area contributed by atoms with Gasteiger partial charge in [-0.05, 0) is 30.0 Å². The summed E-state index contributed by atoms with van der Waals surface area (Å²) in [6.45, 7) is 1.52. The highest BCUT2D eigenvalue weighted by Crippen LogP contribution is 2.35. The number of hydrogen-bond acceptors (Lipinski definition) is 7. The van der Waals surface area contributed by atoms with E-state index in [1.54, 1.807) is 13.0 Å². The molecule has 1 amide bonds. The zero-order valence-corrected chi connectivity index (χ0v) is 17.3. The molecule has 1 aromatic carbocycles. The number of thiophene rings is 2. The van der Waals surface area contributed by atoms with E-state index in [1.165, 1.54) is 22.7 Å². The summed E-state index contributed by atoms with van der Waals surface area (Å²) in [7, 11) is 0. The molecular weight excluding hydrogens is 410 g/mol. The molecule has 0 saturated carbocycles. The quantitative estimate of drug-likeness (QED) is 0.538. The average molecular weight is 430 g/mol. The number of esters is 2. The molecule has 0 aliphatic heterocycles. The highest BCUT2D eigenvalue weighted by molar-refractivity contribution is 7.18.